The maximum Gasteiger partial charge on any atom is 0.246 e. The number of nitrogens with zero attached hydrogens (tertiary/aromatic N) is 2. The van der Waals surface area contributed by atoms with Crippen molar-refractivity contribution in [2.24, 2.45) is 0 Å². The van der Waals surface area contributed by atoms with E-state index in [9.17, 15) is 17.6 Å². The Morgan fingerprint density at radius 2 is 1.57 bits per heavy atom. The van der Waals surface area contributed by atoms with Crippen molar-refractivity contribution in [1.82, 2.24) is 9.21 Å². The number of carbonyl (C=O) groups excluding carboxylic acids is 1. The molecule has 0 aliphatic carbocycles. The molecule has 1 aliphatic heterocycles. The fourth-order valence-electron chi connectivity index (χ4n) is 3.14. The van der Waals surface area contributed by atoms with Gasteiger partial charge in [-0.05, 0) is 30.2 Å². The molecular formula is C19H19Cl2FN2O3S. The second-order valence-electron chi connectivity index (χ2n) is 6.43. The van der Waals surface area contributed by atoms with Gasteiger partial charge in [0, 0.05) is 32.6 Å². The van der Waals surface area contributed by atoms with Gasteiger partial charge in [0.25, 0.3) is 0 Å². The summed E-state index contributed by atoms with van der Waals surface area (Å²) in [5.41, 5.74) is 0.491. The van der Waals surface area contributed by atoms with Crippen LogP contribution in [0.4, 0.5) is 4.39 Å². The van der Waals surface area contributed by atoms with E-state index in [1.165, 1.54) is 22.5 Å². The third kappa shape index (κ3) is 4.49. The third-order valence-electron chi connectivity index (χ3n) is 4.67. The highest BCUT2D eigenvalue weighted by molar-refractivity contribution is 7.89. The zero-order valence-corrected chi connectivity index (χ0v) is 17.3. The molecule has 0 unspecified atom stereocenters. The van der Waals surface area contributed by atoms with Crippen molar-refractivity contribution in [3.63, 3.8) is 0 Å². The Hall–Kier alpha value is -1.67. The number of sulfonamides is 1. The quantitative estimate of drug-likeness (QED) is 0.707. The van der Waals surface area contributed by atoms with Gasteiger partial charge >= 0.3 is 0 Å². The summed E-state index contributed by atoms with van der Waals surface area (Å²) in [6.07, 6.45) is 0.475. The molecule has 1 saturated heterocycles. The van der Waals surface area contributed by atoms with Gasteiger partial charge in [-0.1, -0.05) is 47.5 Å². The Bertz CT molecular complexity index is 957. The molecule has 3 rings (SSSR count). The Kier molecular flexibility index (Phi) is 6.60. The van der Waals surface area contributed by atoms with E-state index in [2.05, 4.69) is 0 Å². The molecule has 0 N–H and O–H groups in total. The van der Waals surface area contributed by atoms with E-state index in [4.69, 9.17) is 23.2 Å². The zero-order chi connectivity index (χ0) is 20.3. The average molecular weight is 445 g/mol. The summed E-state index contributed by atoms with van der Waals surface area (Å²) in [4.78, 5) is 13.9. The van der Waals surface area contributed by atoms with E-state index < -0.39 is 10.0 Å². The number of hydrogen-bond acceptors (Lipinski definition) is 3. The van der Waals surface area contributed by atoms with E-state index in [1.807, 2.05) is 0 Å². The molecule has 0 bridgehead atoms. The second kappa shape index (κ2) is 8.78. The summed E-state index contributed by atoms with van der Waals surface area (Å²) < 4.78 is 40.7. The standard InChI is InChI=1S/C19H19Cl2FN2O3S/c20-15-5-3-6-16(21)19(15)28(26,27)24-12-10-23(11-13-24)18(25)9-8-14-4-1-2-7-17(14)22/h1-7H,8-13H2. The molecule has 28 heavy (non-hydrogen) atoms. The number of carbonyl (C=O) groups is 1. The van der Waals surface area contributed by atoms with Crippen LogP contribution in [0.25, 0.3) is 0 Å². The van der Waals surface area contributed by atoms with Crippen LogP contribution in [-0.2, 0) is 21.2 Å². The summed E-state index contributed by atoms with van der Waals surface area (Å²) >= 11 is 12.1. The summed E-state index contributed by atoms with van der Waals surface area (Å²) in [6, 6.07) is 10.9. The van der Waals surface area contributed by atoms with Gasteiger partial charge < -0.3 is 4.90 Å². The van der Waals surface area contributed by atoms with Gasteiger partial charge in [0.15, 0.2) is 0 Å². The number of hydrogen-bond donors (Lipinski definition) is 0. The van der Waals surface area contributed by atoms with Crippen molar-refractivity contribution < 1.29 is 17.6 Å². The predicted octanol–water partition coefficient (Wildman–Crippen LogP) is 3.60. The first-order chi connectivity index (χ1) is 13.3. The third-order valence-corrected chi connectivity index (χ3v) is 7.53. The molecule has 0 radical (unpaired) electrons. The zero-order valence-electron chi connectivity index (χ0n) is 14.9. The lowest BCUT2D eigenvalue weighted by Gasteiger charge is -2.34. The van der Waals surface area contributed by atoms with Crippen molar-refractivity contribution >= 4 is 39.1 Å². The SMILES string of the molecule is O=C(CCc1ccccc1F)N1CCN(S(=O)(=O)c2c(Cl)cccc2Cl)CC1. The number of amides is 1. The molecule has 0 spiro atoms. The number of benzene rings is 2. The lowest BCUT2D eigenvalue weighted by atomic mass is 10.1. The van der Waals surface area contributed by atoms with Gasteiger partial charge in [-0.3, -0.25) is 4.79 Å². The topological polar surface area (TPSA) is 57.7 Å². The Balaban J connectivity index is 1.61. The first-order valence-corrected chi connectivity index (χ1v) is 11.0. The van der Waals surface area contributed by atoms with Gasteiger partial charge in [-0.15, -0.1) is 0 Å². The smallest absolute Gasteiger partial charge is 0.246 e. The van der Waals surface area contributed by atoms with Crippen LogP contribution in [-0.4, -0.2) is 49.7 Å². The number of aryl methyl sites for hydroxylation is 1. The van der Waals surface area contributed by atoms with E-state index in [0.717, 1.165) is 0 Å². The minimum Gasteiger partial charge on any atom is -0.340 e. The summed E-state index contributed by atoms with van der Waals surface area (Å²) in [5, 5.41) is 0.131. The van der Waals surface area contributed by atoms with Crippen molar-refractivity contribution in [3.05, 3.63) is 63.9 Å². The highest BCUT2D eigenvalue weighted by Gasteiger charge is 2.32. The molecule has 1 amide bonds. The van der Waals surface area contributed by atoms with Gasteiger partial charge in [-0.25, -0.2) is 12.8 Å². The van der Waals surface area contributed by atoms with Crippen LogP contribution in [0.3, 0.4) is 0 Å². The van der Waals surface area contributed by atoms with Crippen LogP contribution in [0.1, 0.15) is 12.0 Å². The molecule has 0 aromatic heterocycles. The molecule has 2 aromatic carbocycles. The van der Waals surface area contributed by atoms with Crippen LogP contribution < -0.4 is 0 Å². The fraction of sp³-hybridized carbons (Fsp3) is 0.316. The van der Waals surface area contributed by atoms with Gasteiger partial charge in [-0.2, -0.15) is 4.31 Å². The molecule has 150 valence electrons. The first kappa shape index (κ1) is 21.0. The van der Waals surface area contributed by atoms with Crippen molar-refractivity contribution in [3.8, 4) is 0 Å². The fourth-order valence-corrected chi connectivity index (χ4v) is 5.65. The first-order valence-electron chi connectivity index (χ1n) is 8.76. The number of piperazine rings is 1. The highest BCUT2D eigenvalue weighted by Crippen LogP contribution is 2.31. The minimum atomic E-state index is -3.85. The van der Waals surface area contributed by atoms with Crippen molar-refractivity contribution in [2.45, 2.75) is 17.7 Å². The molecule has 0 atom stereocenters. The van der Waals surface area contributed by atoms with Crippen LogP contribution in [0.5, 0.6) is 0 Å². The van der Waals surface area contributed by atoms with E-state index in [-0.39, 0.29) is 59.3 Å². The Morgan fingerprint density at radius 1 is 0.964 bits per heavy atom. The van der Waals surface area contributed by atoms with E-state index >= 15 is 0 Å². The maximum atomic E-state index is 13.7. The normalized spacial score (nSPS) is 15.6. The van der Waals surface area contributed by atoms with Gasteiger partial charge in [0.05, 0.1) is 10.0 Å². The van der Waals surface area contributed by atoms with E-state index in [1.54, 1.807) is 29.2 Å². The predicted molar refractivity (Wildman–Crippen MR) is 107 cm³/mol. The largest absolute Gasteiger partial charge is 0.340 e. The molecule has 5 nitrogen and oxygen atoms in total. The second-order valence-corrected chi connectivity index (χ2v) is 9.12. The maximum absolute atomic E-state index is 13.7. The molecule has 9 heteroatoms. The van der Waals surface area contributed by atoms with Gasteiger partial charge in [0.2, 0.25) is 15.9 Å². The molecule has 1 heterocycles. The lowest BCUT2D eigenvalue weighted by molar-refractivity contribution is -0.132. The molecule has 2 aromatic rings. The summed E-state index contributed by atoms with van der Waals surface area (Å²) in [5.74, 6) is -0.459. The van der Waals surface area contributed by atoms with Crippen LogP contribution in [0.15, 0.2) is 47.4 Å². The monoisotopic (exact) mass is 444 g/mol. The van der Waals surface area contributed by atoms with Crippen LogP contribution >= 0.6 is 23.2 Å². The van der Waals surface area contributed by atoms with Crippen molar-refractivity contribution in [1.29, 1.82) is 0 Å². The molecule has 0 saturated carbocycles. The van der Waals surface area contributed by atoms with E-state index in [0.29, 0.717) is 12.0 Å². The molecule has 1 fully saturated rings. The highest BCUT2D eigenvalue weighted by atomic mass is 35.5. The molecule has 1 aliphatic rings. The molecular weight excluding hydrogens is 426 g/mol. The van der Waals surface area contributed by atoms with Gasteiger partial charge in [0.1, 0.15) is 10.7 Å². The Morgan fingerprint density at radius 3 is 2.18 bits per heavy atom. The average Bonchev–Trinajstić information content (AvgIpc) is 2.67. The number of rotatable bonds is 5. The number of halogens is 3. The van der Waals surface area contributed by atoms with Crippen molar-refractivity contribution in [2.75, 3.05) is 26.2 Å². The minimum absolute atomic E-state index is 0.0656. The lowest BCUT2D eigenvalue weighted by Crippen LogP contribution is -2.50. The van der Waals surface area contributed by atoms with Crippen LogP contribution in [0.2, 0.25) is 10.0 Å². The Labute approximate surface area is 173 Å². The van der Waals surface area contributed by atoms with Crippen LogP contribution in [0, 0.1) is 5.82 Å². The summed E-state index contributed by atoms with van der Waals surface area (Å²) in [7, 11) is -3.85. The summed E-state index contributed by atoms with van der Waals surface area (Å²) in [6.45, 7) is 0.819.